The lowest BCUT2D eigenvalue weighted by Crippen LogP contribution is -2.47. The molecule has 0 aliphatic carbocycles. The van der Waals surface area contributed by atoms with Crippen molar-refractivity contribution < 1.29 is 9.53 Å². The number of H-pyrrole nitrogens is 1. The Balaban J connectivity index is 1.40. The summed E-state index contributed by atoms with van der Waals surface area (Å²) in [7, 11) is 3.59. The van der Waals surface area contributed by atoms with E-state index in [1.165, 1.54) is 11.1 Å². The number of nitrogens with zero attached hydrogens (tertiary/aromatic N) is 3. The summed E-state index contributed by atoms with van der Waals surface area (Å²) in [5.41, 5.74) is 5.71. The second kappa shape index (κ2) is 9.99. The topological polar surface area (TPSA) is 73.5 Å². The second-order valence-electron chi connectivity index (χ2n) is 9.28. The van der Waals surface area contributed by atoms with Crippen LogP contribution in [0.2, 0.25) is 0 Å². The Kier molecular flexibility index (Phi) is 6.65. The number of benzene rings is 2. The molecule has 0 radical (unpaired) electrons. The van der Waals surface area contributed by atoms with Crippen LogP contribution in [0.1, 0.15) is 47.7 Å². The van der Waals surface area contributed by atoms with Gasteiger partial charge in [-0.15, -0.1) is 0 Å². The number of aromatic amines is 1. The number of methoxy groups -OCH3 is 1. The predicted molar refractivity (Wildman–Crippen MR) is 133 cm³/mol. The monoisotopic (exact) mass is 459 g/mol. The predicted octanol–water partition coefficient (Wildman–Crippen LogP) is 3.82. The van der Waals surface area contributed by atoms with Gasteiger partial charge in [0.15, 0.2) is 0 Å². The number of carbonyl (C=O) groups is 1. The zero-order valence-corrected chi connectivity index (χ0v) is 20.0. The van der Waals surface area contributed by atoms with Crippen molar-refractivity contribution in [2.45, 2.75) is 50.9 Å². The first-order valence-electron chi connectivity index (χ1n) is 12.1. The van der Waals surface area contributed by atoms with Crippen LogP contribution in [0.25, 0.3) is 0 Å². The van der Waals surface area contributed by atoms with Crippen LogP contribution in [-0.2, 0) is 24.3 Å². The van der Waals surface area contributed by atoms with Gasteiger partial charge in [0.05, 0.1) is 19.5 Å². The number of carbonyl (C=O) groups excluding carboxylic acids is 1. The van der Waals surface area contributed by atoms with Gasteiger partial charge in [0.25, 0.3) is 0 Å². The van der Waals surface area contributed by atoms with E-state index in [4.69, 9.17) is 4.74 Å². The zero-order chi connectivity index (χ0) is 23.5. The molecule has 34 heavy (non-hydrogen) atoms. The number of ether oxygens (including phenoxy) is 1. The molecule has 1 fully saturated rings. The van der Waals surface area contributed by atoms with Gasteiger partial charge < -0.3 is 19.9 Å². The number of anilines is 1. The average Bonchev–Trinajstić information content (AvgIpc) is 3.38. The quantitative estimate of drug-likeness (QED) is 0.562. The fourth-order valence-electron chi connectivity index (χ4n) is 5.42. The summed E-state index contributed by atoms with van der Waals surface area (Å²) in [6.45, 7) is 2.57. The summed E-state index contributed by atoms with van der Waals surface area (Å²) in [5.74, 6) is 1.05. The largest absolute Gasteiger partial charge is 0.496 e. The number of likely N-dealkylation sites (tertiary alicyclic amines) is 1. The molecular formula is C27H33N5O2. The van der Waals surface area contributed by atoms with Crippen LogP contribution in [0, 0.1) is 0 Å². The Morgan fingerprint density at radius 2 is 2.06 bits per heavy atom. The highest BCUT2D eigenvalue weighted by atomic mass is 16.5. The molecule has 2 unspecified atom stereocenters. The molecule has 1 saturated heterocycles. The fraction of sp³-hybridized carbons (Fsp3) is 0.407. The fourth-order valence-corrected chi connectivity index (χ4v) is 5.42. The van der Waals surface area contributed by atoms with Gasteiger partial charge in [-0.05, 0) is 49.1 Å². The molecule has 2 N–H and O–H groups in total. The molecule has 0 spiro atoms. The molecule has 2 aliphatic rings. The highest BCUT2D eigenvalue weighted by Gasteiger charge is 2.33. The van der Waals surface area contributed by atoms with Gasteiger partial charge in [-0.3, -0.25) is 9.69 Å². The molecule has 0 saturated carbocycles. The Morgan fingerprint density at radius 1 is 1.21 bits per heavy atom. The molecule has 2 atom stereocenters. The van der Waals surface area contributed by atoms with Crippen LogP contribution >= 0.6 is 0 Å². The number of aromatic nitrogens is 2. The maximum absolute atomic E-state index is 12.3. The van der Waals surface area contributed by atoms with Gasteiger partial charge >= 0.3 is 0 Å². The number of piperidine rings is 1. The summed E-state index contributed by atoms with van der Waals surface area (Å²) in [6.07, 6.45) is 7.21. The molecule has 0 bridgehead atoms. The van der Waals surface area contributed by atoms with Crippen molar-refractivity contribution in [3.05, 3.63) is 77.4 Å². The van der Waals surface area contributed by atoms with Crippen molar-refractivity contribution in [1.29, 1.82) is 0 Å². The first kappa shape index (κ1) is 22.6. The van der Waals surface area contributed by atoms with Crippen molar-refractivity contribution in [3.63, 3.8) is 0 Å². The van der Waals surface area contributed by atoms with E-state index < -0.39 is 0 Å². The SMILES string of the molecule is COc1cc2c(cc1CNC1CCCN(Cc3cnc[nH]3)C1c1ccccc1)N(C)C(=O)CC2. The minimum absolute atomic E-state index is 0.169. The Morgan fingerprint density at radius 3 is 2.82 bits per heavy atom. The third-order valence-corrected chi connectivity index (χ3v) is 7.18. The summed E-state index contributed by atoms with van der Waals surface area (Å²) in [4.78, 5) is 24.0. The molecule has 5 rings (SSSR count). The van der Waals surface area contributed by atoms with E-state index in [2.05, 4.69) is 62.6 Å². The minimum Gasteiger partial charge on any atom is -0.496 e. The molecule has 7 heteroatoms. The van der Waals surface area contributed by atoms with Crippen LogP contribution in [0.4, 0.5) is 5.69 Å². The molecule has 2 aromatic carbocycles. The van der Waals surface area contributed by atoms with Crippen molar-refractivity contribution >= 4 is 11.6 Å². The number of hydrogen-bond donors (Lipinski definition) is 2. The van der Waals surface area contributed by atoms with E-state index in [9.17, 15) is 4.79 Å². The first-order chi connectivity index (χ1) is 16.6. The van der Waals surface area contributed by atoms with Crippen LogP contribution < -0.4 is 15.0 Å². The summed E-state index contributed by atoms with van der Waals surface area (Å²) >= 11 is 0. The van der Waals surface area contributed by atoms with Gasteiger partial charge in [-0.2, -0.15) is 0 Å². The summed E-state index contributed by atoms with van der Waals surface area (Å²) in [5, 5.41) is 3.85. The summed E-state index contributed by atoms with van der Waals surface area (Å²) in [6, 6.07) is 15.5. The van der Waals surface area contributed by atoms with E-state index >= 15 is 0 Å². The molecule has 3 aromatic rings. The normalized spacial score (nSPS) is 20.9. The van der Waals surface area contributed by atoms with E-state index in [0.717, 1.165) is 55.0 Å². The van der Waals surface area contributed by atoms with Crippen LogP contribution in [0.5, 0.6) is 5.75 Å². The van der Waals surface area contributed by atoms with Crippen molar-refractivity contribution in [2.24, 2.45) is 0 Å². The maximum Gasteiger partial charge on any atom is 0.227 e. The molecule has 1 aromatic heterocycles. The van der Waals surface area contributed by atoms with Gasteiger partial charge in [0, 0.05) is 55.7 Å². The number of nitrogens with one attached hydrogen (secondary N) is 2. The number of aryl methyl sites for hydroxylation is 1. The minimum atomic E-state index is 0.169. The van der Waals surface area contributed by atoms with Crippen molar-refractivity contribution in [3.8, 4) is 5.75 Å². The lowest BCUT2D eigenvalue weighted by Gasteiger charge is -2.42. The Labute approximate surface area is 201 Å². The third kappa shape index (κ3) is 4.58. The van der Waals surface area contributed by atoms with Crippen LogP contribution in [0.15, 0.2) is 55.0 Å². The summed E-state index contributed by atoms with van der Waals surface area (Å²) < 4.78 is 5.75. The van der Waals surface area contributed by atoms with Gasteiger partial charge in [-0.25, -0.2) is 4.98 Å². The van der Waals surface area contributed by atoms with E-state index in [1.807, 2.05) is 13.2 Å². The first-order valence-corrected chi connectivity index (χ1v) is 12.1. The average molecular weight is 460 g/mol. The molecule has 2 aliphatic heterocycles. The molecule has 3 heterocycles. The van der Waals surface area contributed by atoms with Gasteiger partial charge in [0.1, 0.15) is 5.75 Å². The number of fused-ring (bicyclic) bond motifs is 1. The lowest BCUT2D eigenvalue weighted by molar-refractivity contribution is -0.118. The lowest BCUT2D eigenvalue weighted by atomic mass is 9.89. The van der Waals surface area contributed by atoms with Gasteiger partial charge in [0.2, 0.25) is 5.91 Å². The Hall–Kier alpha value is -3.16. The van der Waals surface area contributed by atoms with Crippen LogP contribution in [-0.4, -0.2) is 47.5 Å². The molecule has 178 valence electrons. The standard InChI is InChI=1S/C27H33N5O2/c1-31-24-13-21(25(34-2)14-20(24)10-11-26(31)33)15-29-23-9-6-12-32(17-22-16-28-18-30-22)27(23)19-7-4-3-5-8-19/h3-5,7-8,13-14,16,18,23,27,29H,6,9-12,15,17H2,1-2H3,(H,28,30). The molecular weight excluding hydrogens is 426 g/mol. The van der Waals surface area contributed by atoms with E-state index in [1.54, 1.807) is 18.3 Å². The number of imidazole rings is 1. The Bertz CT molecular complexity index is 1120. The van der Waals surface area contributed by atoms with Crippen molar-refractivity contribution in [1.82, 2.24) is 20.2 Å². The van der Waals surface area contributed by atoms with Crippen LogP contribution in [0.3, 0.4) is 0 Å². The maximum atomic E-state index is 12.3. The molecule has 1 amide bonds. The highest BCUT2D eigenvalue weighted by molar-refractivity contribution is 5.96. The zero-order valence-electron chi connectivity index (χ0n) is 20.0. The third-order valence-electron chi connectivity index (χ3n) is 7.18. The number of rotatable bonds is 7. The number of hydrogen-bond acceptors (Lipinski definition) is 5. The van der Waals surface area contributed by atoms with E-state index in [0.29, 0.717) is 19.0 Å². The van der Waals surface area contributed by atoms with Crippen molar-refractivity contribution in [2.75, 3.05) is 25.6 Å². The highest BCUT2D eigenvalue weighted by Crippen LogP contribution is 2.35. The van der Waals surface area contributed by atoms with E-state index in [-0.39, 0.29) is 11.9 Å². The van der Waals surface area contributed by atoms with Gasteiger partial charge in [-0.1, -0.05) is 30.3 Å². The second-order valence-corrected chi connectivity index (χ2v) is 9.28. The number of amides is 1. The molecule has 7 nitrogen and oxygen atoms in total. The smallest absolute Gasteiger partial charge is 0.227 e.